The first kappa shape index (κ1) is 35.5. The van der Waals surface area contributed by atoms with Crippen molar-refractivity contribution < 1.29 is 23.5 Å². The van der Waals surface area contributed by atoms with E-state index in [9.17, 15) is 23.5 Å². The largest absolute Gasteiger partial charge is 0.395 e. The van der Waals surface area contributed by atoms with Gasteiger partial charge < -0.3 is 29.7 Å². The summed E-state index contributed by atoms with van der Waals surface area (Å²) in [7, 11) is 0. The molecule has 1 aromatic carbocycles. The Bertz CT molecular complexity index is 2060. The van der Waals surface area contributed by atoms with Crippen LogP contribution in [-0.4, -0.2) is 91.1 Å². The maximum Gasteiger partial charge on any atom is 0.251 e. The van der Waals surface area contributed by atoms with Gasteiger partial charge in [0.15, 0.2) is 5.82 Å². The SMILES string of the molecule is CC(C)n1cnc2cc(-c3ccc4c(c3)N([C@H]3C[C@@H](N5CCCCC5)C3)C(=O)C43CCN(C(=O)C(C)(C)CO)CC3)nc(Nc3ccnc(F)c3F)c21. The molecule has 8 rings (SSSR count). The lowest BCUT2D eigenvalue weighted by atomic mass is 9.73. The van der Waals surface area contributed by atoms with Gasteiger partial charge in [-0.1, -0.05) is 18.6 Å². The molecule has 4 aromatic rings. The number of nitrogens with zero attached hydrogens (tertiary/aromatic N) is 7. The van der Waals surface area contributed by atoms with E-state index in [0.29, 0.717) is 54.5 Å². The number of imidazole rings is 1. The highest BCUT2D eigenvalue weighted by Gasteiger charge is 2.56. The Morgan fingerprint density at radius 1 is 1.02 bits per heavy atom. The summed E-state index contributed by atoms with van der Waals surface area (Å²) in [6.07, 6.45) is 9.46. The molecule has 6 heterocycles. The molecular weight excluding hydrogens is 678 g/mol. The van der Waals surface area contributed by atoms with E-state index in [0.717, 1.165) is 42.7 Å². The number of aromatic nitrogens is 4. The molecule has 13 heteroatoms. The first-order valence-electron chi connectivity index (χ1n) is 19.0. The van der Waals surface area contributed by atoms with E-state index in [1.807, 2.05) is 47.6 Å². The number of anilines is 3. The fourth-order valence-electron chi connectivity index (χ4n) is 8.86. The molecule has 1 saturated carbocycles. The zero-order valence-corrected chi connectivity index (χ0v) is 30.9. The number of fused-ring (bicyclic) bond motifs is 3. The minimum Gasteiger partial charge on any atom is -0.395 e. The van der Waals surface area contributed by atoms with Gasteiger partial charge in [-0.2, -0.15) is 8.78 Å². The summed E-state index contributed by atoms with van der Waals surface area (Å²) in [5, 5.41) is 12.9. The Morgan fingerprint density at radius 3 is 2.45 bits per heavy atom. The summed E-state index contributed by atoms with van der Waals surface area (Å²) >= 11 is 0. The van der Waals surface area contributed by atoms with Crippen molar-refractivity contribution in [1.82, 2.24) is 29.3 Å². The smallest absolute Gasteiger partial charge is 0.251 e. The number of benzene rings is 1. The van der Waals surface area contributed by atoms with Crippen molar-refractivity contribution >= 4 is 40.0 Å². The molecule has 0 atom stereocenters. The van der Waals surface area contributed by atoms with Gasteiger partial charge >= 0.3 is 0 Å². The van der Waals surface area contributed by atoms with Crippen molar-refractivity contribution in [2.24, 2.45) is 5.41 Å². The molecule has 3 fully saturated rings. The minimum absolute atomic E-state index is 0.0237. The van der Waals surface area contributed by atoms with Crippen LogP contribution < -0.4 is 10.2 Å². The molecule has 2 N–H and O–H groups in total. The molecule has 280 valence electrons. The van der Waals surface area contributed by atoms with Crippen molar-refractivity contribution in [3.8, 4) is 11.3 Å². The van der Waals surface area contributed by atoms with E-state index >= 15 is 0 Å². The number of carbonyl (C=O) groups is 2. The first-order chi connectivity index (χ1) is 25.4. The molecule has 53 heavy (non-hydrogen) atoms. The van der Waals surface area contributed by atoms with Crippen LogP contribution in [-0.2, 0) is 15.0 Å². The number of halogens is 2. The maximum atomic E-state index is 14.9. The number of piperidine rings is 2. The second-order valence-electron chi connectivity index (χ2n) is 16.3. The van der Waals surface area contributed by atoms with Gasteiger partial charge in [-0.25, -0.2) is 15.0 Å². The monoisotopic (exact) mass is 726 g/mol. The van der Waals surface area contributed by atoms with Gasteiger partial charge in [0.2, 0.25) is 17.6 Å². The number of likely N-dealkylation sites (tertiary alicyclic amines) is 2. The zero-order valence-electron chi connectivity index (χ0n) is 30.9. The summed E-state index contributed by atoms with van der Waals surface area (Å²) in [5.74, 6) is -1.99. The number of rotatable bonds is 8. The van der Waals surface area contributed by atoms with E-state index < -0.39 is 22.6 Å². The van der Waals surface area contributed by atoms with Gasteiger partial charge in [0, 0.05) is 48.7 Å². The van der Waals surface area contributed by atoms with Gasteiger partial charge in [-0.3, -0.25) is 9.59 Å². The van der Waals surface area contributed by atoms with Crippen LogP contribution in [0.15, 0.2) is 42.9 Å². The van der Waals surface area contributed by atoms with Crippen molar-refractivity contribution in [1.29, 1.82) is 0 Å². The lowest BCUT2D eigenvalue weighted by Crippen LogP contribution is -2.58. The predicted octanol–water partition coefficient (Wildman–Crippen LogP) is 6.34. The normalized spacial score (nSPS) is 21.8. The number of aliphatic hydroxyl groups is 1. The third kappa shape index (κ3) is 5.96. The van der Waals surface area contributed by atoms with E-state index in [4.69, 9.17) is 4.98 Å². The molecule has 0 radical (unpaired) electrons. The quantitative estimate of drug-likeness (QED) is 0.202. The van der Waals surface area contributed by atoms with E-state index in [-0.39, 0.29) is 36.2 Å². The molecule has 4 aliphatic rings. The summed E-state index contributed by atoms with van der Waals surface area (Å²) in [6, 6.07) is 9.88. The maximum absolute atomic E-state index is 14.9. The second kappa shape index (κ2) is 13.4. The van der Waals surface area contributed by atoms with E-state index in [2.05, 4.69) is 20.2 Å². The summed E-state index contributed by atoms with van der Waals surface area (Å²) in [4.78, 5) is 47.7. The highest BCUT2D eigenvalue weighted by molar-refractivity contribution is 6.09. The Kier molecular flexibility index (Phi) is 9.00. The molecule has 3 aromatic heterocycles. The number of hydrogen-bond acceptors (Lipinski definition) is 8. The first-order valence-corrected chi connectivity index (χ1v) is 19.0. The number of amides is 2. The lowest BCUT2D eigenvalue weighted by Gasteiger charge is -2.48. The zero-order chi connectivity index (χ0) is 37.2. The van der Waals surface area contributed by atoms with Crippen LogP contribution in [0.3, 0.4) is 0 Å². The number of hydrogen-bond donors (Lipinski definition) is 2. The van der Waals surface area contributed by atoms with Gasteiger partial charge in [-0.15, -0.1) is 0 Å². The van der Waals surface area contributed by atoms with E-state index in [1.54, 1.807) is 25.1 Å². The molecule has 0 unspecified atom stereocenters. The minimum atomic E-state index is -1.21. The summed E-state index contributed by atoms with van der Waals surface area (Å²) in [6.45, 7) is 10.4. The average Bonchev–Trinajstić information content (AvgIpc) is 3.68. The van der Waals surface area contributed by atoms with Gasteiger partial charge in [-0.05, 0) is 103 Å². The molecule has 1 spiro atoms. The third-order valence-corrected chi connectivity index (χ3v) is 12.1. The number of pyridine rings is 2. The summed E-state index contributed by atoms with van der Waals surface area (Å²) < 4.78 is 31.0. The average molecular weight is 727 g/mol. The van der Waals surface area contributed by atoms with Crippen molar-refractivity contribution in [3.05, 3.63) is 60.2 Å². The topological polar surface area (TPSA) is 120 Å². The Hall–Kier alpha value is -4.49. The van der Waals surface area contributed by atoms with Crippen LogP contribution >= 0.6 is 0 Å². The van der Waals surface area contributed by atoms with Crippen molar-refractivity contribution in [3.63, 3.8) is 0 Å². The van der Waals surface area contributed by atoms with Crippen LogP contribution in [0.25, 0.3) is 22.3 Å². The second-order valence-corrected chi connectivity index (χ2v) is 16.3. The standard InChI is InChI=1S/C40H48F2N8O3/c1-24(2)49-23-44-31-21-30(46-36(34(31)49)45-29-10-13-43-35(42)33(29)41)25-8-9-28-32(18-25)50(27-19-26(20-27)47-14-6-5-7-15-47)38(53)40(28)11-16-48(17-12-40)37(52)39(3,4)22-51/h8-10,13,18,21,23-24,26-27,51H,5-7,11-12,14-17,19-20,22H2,1-4H3,(H,43,45,46)/t26-,27+. The molecule has 3 aliphatic heterocycles. The van der Waals surface area contributed by atoms with Crippen LogP contribution in [0, 0.1) is 17.2 Å². The van der Waals surface area contributed by atoms with E-state index in [1.165, 1.54) is 31.5 Å². The predicted molar refractivity (Wildman–Crippen MR) is 199 cm³/mol. The summed E-state index contributed by atoms with van der Waals surface area (Å²) in [5.41, 5.74) is 2.75. The Balaban J connectivity index is 1.18. The van der Waals surface area contributed by atoms with Gasteiger partial charge in [0.05, 0.1) is 40.7 Å². The fourth-order valence-corrected chi connectivity index (χ4v) is 8.86. The Labute approximate surface area is 308 Å². The van der Waals surface area contributed by atoms with Gasteiger partial charge in [0.1, 0.15) is 5.52 Å². The molecule has 2 saturated heterocycles. The molecule has 2 amide bonds. The molecule has 11 nitrogen and oxygen atoms in total. The fraction of sp³-hybridized carbons (Fsp3) is 0.525. The highest BCUT2D eigenvalue weighted by Crippen LogP contribution is 2.52. The lowest BCUT2D eigenvalue weighted by molar-refractivity contribution is -0.145. The van der Waals surface area contributed by atoms with Gasteiger partial charge in [0.25, 0.3) is 5.95 Å². The van der Waals surface area contributed by atoms with Crippen LogP contribution in [0.1, 0.15) is 84.2 Å². The van der Waals surface area contributed by atoms with Crippen LogP contribution in [0.2, 0.25) is 0 Å². The molecular formula is C40H48F2N8O3. The molecule has 0 bridgehead atoms. The highest BCUT2D eigenvalue weighted by atomic mass is 19.2. The number of carbonyl (C=O) groups excluding carboxylic acids is 2. The van der Waals surface area contributed by atoms with Crippen molar-refractivity contribution in [2.45, 2.75) is 96.2 Å². The van der Waals surface area contributed by atoms with Crippen molar-refractivity contribution in [2.75, 3.05) is 43.0 Å². The Morgan fingerprint density at radius 2 is 1.75 bits per heavy atom. The number of aliphatic hydroxyl groups excluding tert-OH is 1. The number of nitrogens with one attached hydrogen (secondary N) is 1. The molecule has 1 aliphatic carbocycles. The van der Waals surface area contributed by atoms with Crippen LogP contribution in [0.4, 0.5) is 26.0 Å². The van der Waals surface area contributed by atoms with Crippen LogP contribution in [0.5, 0.6) is 0 Å². The third-order valence-electron chi connectivity index (χ3n) is 12.1.